The molecule has 0 radical (unpaired) electrons. The number of anilines is 1. The van der Waals surface area contributed by atoms with E-state index in [1.165, 1.54) is 13.3 Å². The van der Waals surface area contributed by atoms with Crippen molar-refractivity contribution in [2.75, 3.05) is 31.0 Å². The lowest BCUT2D eigenvalue weighted by molar-refractivity contribution is -0.136. The van der Waals surface area contributed by atoms with Crippen molar-refractivity contribution in [2.45, 2.75) is 52.5 Å². The maximum Gasteiger partial charge on any atom is 0.367 e. The number of hydrogen-bond acceptors (Lipinski definition) is 10. The summed E-state index contributed by atoms with van der Waals surface area (Å²) >= 11 is 0. The molecular formula is C32H39N6O7PSi. The van der Waals surface area contributed by atoms with Crippen LogP contribution in [0.3, 0.4) is 0 Å². The maximum absolute atomic E-state index is 14.0. The third-order valence-electron chi connectivity index (χ3n) is 7.83. The predicted molar refractivity (Wildman–Crippen MR) is 180 cm³/mol. The predicted octanol–water partition coefficient (Wildman–Crippen LogP) is 5.40. The van der Waals surface area contributed by atoms with Crippen molar-refractivity contribution in [3.63, 3.8) is 0 Å². The quantitative estimate of drug-likeness (QED) is 0.110. The first-order valence-electron chi connectivity index (χ1n) is 15.4. The first kappa shape index (κ1) is 34.1. The van der Waals surface area contributed by atoms with Gasteiger partial charge in [0.25, 0.3) is 0 Å². The van der Waals surface area contributed by atoms with Crippen molar-refractivity contribution in [1.29, 1.82) is 0 Å². The zero-order chi connectivity index (χ0) is 33.8. The van der Waals surface area contributed by atoms with Crippen LogP contribution in [0.5, 0.6) is 5.75 Å². The number of hydrogen-bond donors (Lipinski definition) is 1. The van der Waals surface area contributed by atoms with Crippen LogP contribution in [-0.2, 0) is 29.7 Å². The number of carbonyl (C=O) groups is 3. The first-order valence-corrected chi connectivity index (χ1v) is 20.5. The molecule has 13 nitrogen and oxygen atoms in total. The van der Waals surface area contributed by atoms with E-state index in [0.29, 0.717) is 51.4 Å². The Kier molecular flexibility index (Phi) is 10.4. The number of aromatic nitrogens is 4. The van der Waals surface area contributed by atoms with Crippen LogP contribution in [0.15, 0.2) is 61.4 Å². The second kappa shape index (κ2) is 14.3. The van der Waals surface area contributed by atoms with Crippen molar-refractivity contribution in [1.82, 2.24) is 24.4 Å². The molecule has 1 N–H and O–H groups in total. The lowest BCUT2D eigenvalue weighted by atomic mass is 10.0. The standard InChI is InChI=1S/C32H39N6O7PSi/c1-6-44-46(42,45-7-2)21-43-29-13-27-25(12-24(29)23-14-33-19-34-15-23)26(22(3)39)16-37(27)17-31(40)38-20-47(4,5)18-28(38)32(41)36-30-10-8-9-11-35-30/h8-16,19,28H,6-7,17-18,20-21H2,1-5H3,(H,35,36,41)/t28-/m0/s1. The Balaban J connectivity index is 1.52. The molecule has 4 aromatic rings. The summed E-state index contributed by atoms with van der Waals surface area (Å²) in [6, 6.07) is 8.70. The smallest absolute Gasteiger partial charge is 0.367 e. The molecule has 1 atom stereocenters. The van der Waals surface area contributed by atoms with E-state index in [-0.39, 0.29) is 43.7 Å². The Bertz CT molecular complexity index is 1810. The first-order chi connectivity index (χ1) is 22.4. The number of pyridine rings is 1. The van der Waals surface area contributed by atoms with Crippen LogP contribution in [0, 0.1) is 0 Å². The lowest BCUT2D eigenvalue weighted by Gasteiger charge is -2.25. The van der Waals surface area contributed by atoms with Gasteiger partial charge in [0, 0.05) is 59.1 Å². The van der Waals surface area contributed by atoms with Gasteiger partial charge in [-0.15, -0.1) is 0 Å². The highest BCUT2D eigenvalue weighted by Gasteiger charge is 2.45. The Hall–Kier alpha value is -4.23. The fourth-order valence-corrected chi connectivity index (χ4v) is 10.0. The third-order valence-corrected chi connectivity index (χ3v) is 12.3. The van der Waals surface area contributed by atoms with Crippen molar-refractivity contribution in [3.05, 3.63) is 67.0 Å². The molecule has 5 rings (SSSR count). The number of ether oxygens (including phenoxy) is 1. The number of rotatable bonds is 13. The van der Waals surface area contributed by atoms with Gasteiger partial charge in [-0.2, -0.15) is 0 Å². The largest absolute Gasteiger partial charge is 0.480 e. The van der Waals surface area contributed by atoms with Crippen LogP contribution in [0.1, 0.15) is 31.1 Å². The average Bonchev–Trinajstić information content (AvgIpc) is 3.57. The number of ketones is 1. The number of benzene rings is 1. The summed E-state index contributed by atoms with van der Waals surface area (Å²) in [6.45, 7) is 9.42. The van der Waals surface area contributed by atoms with E-state index in [0.717, 1.165) is 0 Å². The summed E-state index contributed by atoms with van der Waals surface area (Å²) in [4.78, 5) is 54.4. The average molecular weight is 679 g/mol. The molecule has 1 saturated heterocycles. The summed E-state index contributed by atoms with van der Waals surface area (Å²) in [5.74, 6) is 0.0109. The number of Topliss-reactive ketones (excluding diaryl/α,β-unsaturated/α-hetero) is 1. The molecule has 3 aromatic heterocycles. The van der Waals surface area contributed by atoms with Gasteiger partial charge in [0.15, 0.2) is 12.1 Å². The summed E-state index contributed by atoms with van der Waals surface area (Å²) in [6.07, 6.45) is 8.01. The van der Waals surface area contributed by atoms with Gasteiger partial charge < -0.3 is 28.6 Å². The second-order valence-corrected chi connectivity index (χ2v) is 19.1. The summed E-state index contributed by atoms with van der Waals surface area (Å²) in [5, 5.41) is 3.44. The monoisotopic (exact) mass is 678 g/mol. The van der Waals surface area contributed by atoms with Crippen LogP contribution in [-0.4, -0.2) is 81.9 Å². The minimum Gasteiger partial charge on any atom is -0.480 e. The van der Waals surface area contributed by atoms with Crippen molar-refractivity contribution >= 4 is 50.0 Å². The Morgan fingerprint density at radius 3 is 2.45 bits per heavy atom. The molecule has 47 heavy (non-hydrogen) atoms. The molecule has 0 aliphatic carbocycles. The molecule has 1 fully saturated rings. The minimum atomic E-state index is -3.58. The zero-order valence-electron chi connectivity index (χ0n) is 27.1. The Morgan fingerprint density at radius 1 is 1.09 bits per heavy atom. The number of fused-ring (bicyclic) bond motifs is 1. The minimum absolute atomic E-state index is 0.120. The summed E-state index contributed by atoms with van der Waals surface area (Å²) in [7, 11) is -5.49. The van der Waals surface area contributed by atoms with E-state index < -0.39 is 21.7 Å². The number of nitrogens with zero attached hydrogens (tertiary/aromatic N) is 5. The van der Waals surface area contributed by atoms with Crippen molar-refractivity contribution in [2.24, 2.45) is 0 Å². The van der Waals surface area contributed by atoms with E-state index >= 15 is 0 Å². The molecule has 1 aliphatic heterocycles. The van der Waals surface area contributed by atoms with E-state index in [9.17, 15) is 18.9 Å². The number of amides is 2. The second-order valence-electron chi connectivity index (χ2n) is 12.0. The van der Waals surface area contributed by atoms with E-state index in [4.69, 9.17) is 13.8 Å². The summed E-state index contributed by atoms with van der Waals surface area (Å²) in [5.41, 5.74) is 2.12. The number of nitrogens with one attached hydrogen (secondary N) is 1. The van der Waals surface area contributed by atoms with Crippen LogP contribution in [0.4, 0.5) is 5.82 Å². The van der Waals surface area contributed by atoms with E-state index in [1.54, 1.807) is 78.4 Å². The van der Waals surface area contributed by atoms with Gasteiger partial charge in [-0.3, -0.25) is 18.9 Å². The number of carbonyl (C=O) groups excluding carboxylic acids is 3. The lowest BCUT2D eigenvalue weighted by Crippen LogP contribution is -2.44. The summed E-state index contributed by atoms with van der Waals surface area (Å²) < 4.78 is 31.9. The van der Waals surface area contributed by atoms with Gasteiger partial charge in [0.05, 0.1) is 26.8 Å². The molecule has 15 heteroatoms. The van der Waals surface area contributed by atoms with Crippen LogP contribution >= 0.6 is 7.60 Å². The molecule has 4 heterocycles. The third kappa shape index (κ3) is 7.84. The van der Waals surface area contributed by atoms with Crippen LogP contribution in [0.2, 0.25) is 19.1 Å². The Labute approximate surface area is 274 Å². The maximum atomic E-state index is 14.0. The topological polar surface area (TPSA) is 155 Å². The van der Waals surface area contributed by atoms with Gasteiger partial charge in [-0.25, -0.2) is 15.0 Å². The molecule has 0 spiro atoms. The van der Waals surface area contributed by atoms with E-state index in [2.05, 4.69) is 33.4 Å². The molecule has 1 aliphatic rings. The molecule has 0 unspecified atom stereocenters. The molecular weight excluding hydrogens is 639 g/mol. The van der Waals surface area contributed by atoms with Crippen LogP contribution in [0.25, 0.3) is 22.0 Å². The van der Waals surface area contributed by atoms with E-state index in [1.807, 2.05) is 0 Å². The fourth-order valence-electron chi connectivity index (χ4n) is 5.81. The van der Waals surface area contributed by atoms with Gasteiger partial charge in [0.1, 0.15) is 30.5 Å². The SMILES string of the molecule is CCOP(=O)(COc1cc2c(cc1-c1cncnc1)c(C(C)=O)cn2CC(=O)N1C[Si](C)(C)C[C@H]1C(=O)Nc1ccccn1)OCC. The Morgan fingerprint density at radius 2 is 1.81 bits per heavy atom. The molecule has 0 bridgehead atoms. The van der Waals surface area contributed by atoms with Crippen LogP contribution < -0.4 is 10.1 Å². The molecule has 1 aromatic carbocycles. The van der Waals surface area contributed by atoms with Crippen molar-refractivity contribution in [3.8, 4) is 16.9 Å². The van der Waals surface area contributed by atoms with Gasteiger partial charge in [-0.1, -0.05) is 19.2 Å². The highest BCUT2D eigenvalue weighted by atomic mass is 31.2. The molecule has 0 saturated carbocycles. The van der Waals surface area contributed by atoms with Gasteiger partial charge in [-0.05, 0) is 45.0 Å². The molecule has 2 amide bonds. The highest BCUT2D eigenvalue weighted by Crippen LogP contribution is 2.49. The van der Waals surface area contributed by atoms with Crippen molar-refractivity contribution < 1.29 is 32.7 Å². The highest BCUT2D eigenvalue weighted by molar-refractivity contribution is 7.53. The van der Waals surface area contributed by atoms with Gasteiger partial charge >= 0.3 is 7.60 Å². The fraction of sp³-hybridized carbons (Fsp3) is 0.375. The van der Waals surface area contributed by atoms with Gasteiger partial charge in [0.2, 0.25) is 11.8 Å². The molecule has 248 valence electrons. The zero-order valence-corrected chi connectivity index (χ0v) is 29.0. The normalized spacial score (nSPS) is 15.9.